The molecule has 0 aliphatic carbocycles. The Morgan fingerprint density at radius 1 is 1.18 bits per heavy atom. The van der Waals surface area contributed by atoms with Crippen LogP contribution in [0.4, 0.5) is 26.3 Å². The van der Waals surface area contributed by atoms with Crippen LogP contribution in [0.1, 0.15) is 35.8 Å². The number of hydrogen-bond donors (Lipinski definition) is 3. The van der Waals surface area contributed by atoms with Crippen LogP contribution in [0.3, 0.4) is 0 Å². The van der Waals surface area contributed by atoms with Gasteiger partial charge in [0.15, 0.2) is 0 Å². The molecule has 1 aliphatic rings. The van der Waals surface area contributed by atoms with E-state index in [2.05, 4.69) is 15.6 Å². The van der Waals surface area contributed by atoms with Gasteiger partial charge in [0.1, 0.15) is 5.69 Å². The molecule has 28 heavy (non-hydrogen) atoms. The van der Waals surface area contributed by atoms with Crippen molar-refractivity contribution in [3.8, 4) is 0 Å². The van der Waals surface area contributed by atoms with Crippen LogP contribution in [0.15, 0.2) is 24.3 Å². The largest absolute Gasteiger partial charge is 0.433 e. The van der Waals surface area contributed by atoms with E-state index in [-0.39, 0.29) is 23.5 Å². The molecule has 2 heterocycles. The molecule has 4 nitrogen and oxygen atoms in total. The topological polar surface area (TPSA) is 57.2 Å². The molecule has 3 rings (SSSR count). The fourth-order valence-electron chi connectivity index (χ4n) is 3.36. The number of halogens is 6. The Morgan fingerprint density at radius 2 is 1.93 bits per heavy atom. The van der Waals surface area contributed by atoms with Crippen molar-refractivity contribution in [2.45, 2.75) is 37.3 Å². The molecule has 2 aromatic rings. The molecule has 1 aliphatic heterocycles. The Kier molecular flexibility index (Phi) is 5.83. The standard InChI is InChI=1S/C18H19F6N3O/c19-17(20,21)13-5-1-4-11-12(7-15(18(22,23)24)27-16(11)13)14(28)9-25-8-10-3-2-6-26-10/h1,4-5,7,10,14,25-26,28H,2-3,6,8-9H2. The average molecular weight is 407 g/mol. The third-order valence-corrected chi connectivity index (χ3v) is 4.72. The van der Waals surface area contributed by atoms with Crippen molar-refractivity contribution in [2.75, 3.05) is 19.6 Å². The zero-order valence-corrected chi connectivity index (χ0v) is 14.7. The van der Waals surface area contributed by atoms with Gasteiger partial charge in [-0.1, -0.05) is 12.1 Å². The Bertz CT molecular complexity index is 830. The molecule has 0 spiro atoms. The van der Waals surface area contributed by atoms with E-state index in [1.165, 1.54) is 6.07 Å². The number of alkyl halides is 6. The van der Waals surface area contributed by atoms with Crippen molar-refractivity contribution in [3.63, 3.8) is 0 Å². The summed E-state index contributed by atoms with van der Waals surface area (Å²) >= 11 is 0. The number of nitrogens with one attached hydrogen (secondary N) is 2. The molecule has 1 fully saturated rings. The average Bonchev–Trinajstić information content (AvgIpc) is 3.12. The predicted molar refractivity (Wildman–Crippen MR) is 90.6 cm³/mol. The number of benzene rings is 1. The lowest BCUT2D eigenvalue weighted by atomic mass is 9.99. The Hall–Kier alpha value is -1.91. The Balaban J connectivity index is 1.97. The lowest BCUT2D eigenvalue weighted by molar-refractivity contribution is -0.142. The molecule has 0 saturated carbocycles. The van der Waals surface area contributed by atoms with E-state index < -0.39 is 35.2 Å². The first kappa shape index (κ1) is 20.8. The van der Waals surface area contributed by atoms with Gasteiger partial charge in [0.05, 0.1) is 17.2 Å². The number of fused-ring (bicyclic) bond motifs is 1. The normalized spacial score (nSPS) is 19.3. The highest BCUT2D eigenvalue weighted by atomic mass is 19.4. The van der Waals surface area contributed by atoms with Gasteiger partial charge in [-0.05, 0) is 37.1 Å². The lowest BCUT2D eigenvalue weighted by Crippen LogP contribution is -2.35. The van der Waals surface area contributed by atoms with Gasteiger partial charge in [-0.15, -0.1) is 0 Å². The van der Waals surface area contributed by atoms with Crippen LogP contribution in [0.5, 0.6) is 0 Å². The van der Waals surface area contributed by atoms with Crippen LogP contribution in [0.2, 0.25) is 0 Å². The second kappa shape index (κ2) is 7.84. The number of aliphatic hydroxyl groups excluding tert-OH is 1. The zero-order chi connectivity index (χ0) is 20.5. The second-order valence-electron chi connectivity index (χ2n) is 6.76. The summed E-state index contributed by atoms with van der Waals surface area (Å²) < 4.78 is 79.3. The molecule has 0 bridgehead atoms. The van der Waals surface area contributed by atoms with E-state index in [4.69, 9.17) is 0 Å². The van der Waals surface area contributed by atoms with Crippen LogP contribution < -0.4 is 10.6 Å². The minimum atomic E-state index is -4.94. The molecule has 154 valence electrons. The van der Waals surface area contributed by atoms with E-state index in [9.17, 15) is 31.4 Å². The fraction of sp³-hybridized carbons (Fsp3) is 0.500. The van der Waals surface area contributed by atoms with E-state index in [0.29, 0.717) is 18.7 Å². The number of rotatable bonds is 5. The summed E-state index contributed by atoms with van der Waals surface area (Å²) in [5.74, 6) is 0. The molecule has 1 aromatic heterocycles. The van der Waals surface area contributed by atoms with Gasteiger partial charge in [-0.25, -0.2) is 4.98 Å². The maximum absolute atomic E-state index is 13.3. The SMILES string of the molecule is OC(CNCC1CCCN1)c1cc(C(F)(F)F)nc2c(C(F)(F)F)cccc12. The quantitative estimate of drug-likeness (QED) is 0.663. The summed E-state index contributed by atoms with van der Waals surface area (Å²) in [7, 11) is 0. The number of aliphatic hydroxyl groups is 1. The molecule has 10 heteroatoms. The van der Waals surface area contributed by atoms with Gasteiger partial charge in [-0.2, -0.15) is 26.3 Å². The minimum Gasteiger partial charge on any atom is -0.387 e. The number of hydrogen-bond acceptors (Lipinski definition) is 4. The van der Waals surface area contributed by atoms with Crippen molar-refractivity contribution in [3.05, 3.63) is 41.1 Å². The molecule has 1 saturated heterocycles. The van der Waals surface area contributed by atoms with Crippen molar-refractivity contribution in [1.82, 2.24) is 15.6 Å². The number of aromatic nitrogens is 1. The summed E-state index contributed by atoms with van der Waals surface area (Å²) in [5, 5.41) is 16.4. The number of para-hydroxylation sites is 1. The molecule has 2 atom stereocenters. The fourth-order valence-corrected chi connectivity index (χ4v) is 3.36. The van der Waals surface area contributed by atoms with Crippen molar-refractivity contribution in [1.29, 1.82) is 0 Å². The van der Waals surface area contributed by atoms with Gasteiger partial charge in [0.25, 0.3) is 0 Å². The first-order valence-electron chi connectivity index (χ1n) is 8.77. The molecular formula is C18H19F6N3O. The van der Waals surface area contributed by atoms with Gasteiger partial charge < -0.3 is 15.7 Å². The molecular weight excluding hydrogens is 388 g/mol. The first-order chi connectivity index (χ1) is 13.1. The first-order valence-corrected chi connectivity index (χ1v) is 8.77. The van der Waals surface area contributed by atoms with Crippen LogP contribution in [-0.4, -0.2) is 35.8 Å². The lowest BCUT2D eigenvalue weighted by Gasteiger charge is -2.19. The van der Waals surface area contributed by atoms with Gasteiger partial charge in [0, 0.05) is 24.5 Å². The maximum Gasteiger partial charge on any atom is 0.433 e. The maximum atomic E-state index is 13.3. The molecule has 0 amide bonds. The van der Waals surface area contributed by atoms with Crippen molar-refractivity contribution in [2.24, 2.45) is 0 Å². The van der Waals surface area contributed by atoms with Crippen LogP contribution in [-0.2, 0) is 12.4 Å². The van der Waals surface area contributed by atoms with Gasteiger partial charge in [-0.3, -0.25) is 0 Å². The second-order valence-corrected chi connectivity index (χ2v) is 6.76. The van der Waals surface area contributed by atoms with Crippen LogP contribution >= 0.6 is 0 Å². The van der Waals surface area contributed by atoms with Crippen LogP contribution in [0, 0.1) is 0 Å². The highest BCUT2D eigenvalue weighted by Gasteiger charge is 2.38. The van der Waals surface area contributed by atoms with Gasteiger partial charge >= 0.3 is 12.4 Å². The summed E-state index contributed by atoms with van der Waals surface area (Å²) in [6.45, 7) is 1.28. The Labute approximate surface area is 156 Å². The summed E-state index contributed by atoms with van der Waals surface area (Å²) in [5.41, 5.74) is -3.80. The third kappa shape index (κ3) is 4.56. The minimum absolute atomic E-state index is 0.0924. The summed E-state index contributed by atoms with van der Waals surface area (Å²) in [6, 6.07) is 3.81. The van der Waals surface area contributed by atoms with Crippen LogP contribution in [0.25, 0.3) is 10.9 Å². The Morgan fingerprint density at radius 3 is 2.54 bits per heavy atom. The molecule has 1 aromatic carbocycles. The molecule has 3 N–H and O–H groups in total. The summed E-state index contributed by atoms with van der Waals surface area (Å²) in [6.07, 6.45) is -9.28. The smallest absolute Gasteiger partial charge is 0.387 e. The van der Waals surface area contributed by atoms with E-state index in [0.717, 1.165) is 25.5 Å². The molecule has 2 unspecified atom stereocenters. The highest BCUT2D eigenvalue weighted by molar-refractivity contribution is 5.86. The number of pyridine rings is 1. The van der Waals surface area contributed by atoms with E-state index in [1.807, 2.05) is 0 Å². The highest BCUT2D eigenvalue weighted by Crippen LogP contribution is 2.38. The molecule has 0 radical (unpaired) electrons. The van der Waals surface area contributed by atoms with Crippen molar-refractivity contribution < 1.29 is 31.4 Å². The zero-order valence-electron chi connectivity index (χ0n) is 14.7. The van der Waals surface area contributed by atoms with E-state index in [1.54, 1.807) is 0 Å². The van der Waals surface area contributed by atoms with Gasteiger partial charge in [0.2, 0.25) is 0 Å². The monoisotopic (exact) mass is 407 g/mol. The number of nitrogens with zero attached hydrogens (tertiary/aromatic N) is 1. The van der Waals surface area contributed by atoms with E-state index >= 15 is 0 Å². The predicted octanol–water partition coefficient (Wildman–Crippen LogP) is 3.65. The van der Waals surface area contributed by atoms with Crippen molar-refractivity contribution >= 4 is 10.9 Å². The summed E-state index contributed by atoms with van der Waals surface area (Å²) in [4.78, 5) is 3.21. The third-order valence-electron chi connectivity index (χ3n) is 4.72.